The second-order valence-corrected chi connectivity index (χ2v) is 5.13. The molecule has 0 aliphatic rings. The van der Waals surface area contributed by atoms with Crippen molar-refractivity contribution in [2.45, 2.75) is 27.3 Å². The van der Waals surface area contributed by atoms with Crippen molar-refractivity contribution in [2.24, 2.45) is 5.92 Å². The molecule has 0 saturated heterocycles. The molecule has 1 amide bonds. The Balaban J connectivity index is 2.24. The van der Waals surface area contributed by atoms with E-state index < -0.39 is 0 Å². The van der Waals surface area contributed by atoms with E-state index in [4.69, 9.17) is 11.6 Å². The predicted octanol–water partition coefficient (Wildman–Crippen LogP) is 2.51. The summed E-state index contributed by atoms with van der Waals surface area (Å²) in [4.78, 5) is 11.3. The largest absolute Gasteiger partial charge is 0.355 e. The fraction of sp³-hybridized carbons (Fsp3) is 0.500. The first-order valence-corrected chi connectivity index (χ1v) is 6.62. The normalized spacial score (nSPS) is 10.7. The van der Waals surface area contributed by atoms with Gasteiger partial charge >= 0.3 is 0 Å². The van der Waals surface area contributed by atoms with E-state index in [1.54, 1.807) is 0 Å². The summed E-state index contributed by atoms with van der Waals surface area (Å²) in [6.45, 7) is 8.04. The number of carbonyl (C=O) groups excluding carboxylic acids is 1. The van der Waals surface area contributed by atoms with E-state index >= 15 is 0 Å². The number of rotatable bonds is 6. The van der Waals surface area contributed by atoms with Gasteiger partial charge in [0.25, 0.3) is 0 Å². The second kappa shape index (κ2) is 7.39. The number of hydrogen-bond donors (Lipinski definition) is 2. The van der Waals surface area contributed by atoms with E-state index in [0.717, 1.165) is 18.1 Å². The minimum absolute atomic E-state index is 0.0449. The van der Waals surface area contributed by atoms with Crippen LogP contribution >= 0.6 is 11.6 Å². The lowest BCUT2D eigenvalue weighted by Gasteiger charge is -2.10. The van der Waals surface area contributed by atoms with Gasteiger partial charge in [0.2, 0.25) is 5.91 Å². The van der Waals surface area contributed by atoms with E-state index in [-0.39, 0.29) is 11.8 Å². The quantitative estimate of drug-likeness (QED) is 0.779. The van der Waals surface area contributed by atoms with Crippen LogP contribution < -0.4 is 10.6 Å². The smallest absolute Gasteiger partial charge is 0.222 e. The Morgan fingerprint density at radius 1 is 1.33 bits per heavy atom. The fourth-order valence-electron chi connectivity index (χ4n) is 1.56. The Bertz CT molecular complexity index is 405. The number of halogens is 1. The standard InChI is InChI=1S/C14H21ClN2O/c1-10(2)14(18)17-7-6-16-9-12-4-5-13(15)8-11(12)3/h4-5,8,10,16H,6-7,9H2,1-3H3,(H,17,18). The summed E-state index contributed by atoms with van der Waals surface area (Å²) < 4.78 is 0. The average Bonchev–Trinajstić information content (AvgIpc) is 2.30. The van der Waals surface area contributed by atoms with Crippen LogP contribution in [0.4, 0.5) is 0 Å². The average molecular weight is 269 g/mol. The van der Waals surface area contributed by atoms with Gasteiger partial charge in [-0.25, -0.2) is 0 Å². The first-order valence-electron chi connectivity index (χ1n) is 6.24. The van der Waals surface area contributed by atoms with E-state index in [2.05, 4.69) is 10.6 Å². The van der Waals surface area contributed by atoms with Gasteiger partial charge in [-0.2, -0.15) is 0 Å². The van der Waals surface area contributed by atoms with Crippen LogP contribution in [0.5, 0.6) is 0 Å². The Labute approximate surface area is 114 Å². The van der Waals surface area contributed by atoms with Crippen molar-refractivity contribution in [1.29, 1.82) is 0 Å². The first-order chi connectivity index (χ1) is 8.50. The van der Waals surface area contributed by atoms with Gasteiger partial charge < -0.3 is 10.6 Å². The molecule has 1 rings (SSSR count). The van der Waals surface area contributed by atoms with Crippen LogP contribution in [0, 0.1) is 12.8 Å². The maximum atomic E-state index is 11.3. The highest BCUT2D eigenvalue weighted by atomic mass is 35.5. The number of nitrogens with one attached hydrogen (secondary N) is 2. The number of carbonyl (C=O) groups is 1. The van der Waals surface area contributed by atoms with Crippen LogP contribution in [0.3, 0.4) is 0 Å². The first kappa shape index (κ1) is 15.0. The van der Waals surface area contributed by atoms with E-state index in [1.165, 1.54) is 11.1 Å². The molecule has 4 heteroatoms. The summed E-state index contributed by atoms with van der Waals surface area (Å²) in [5.41, 5.74) is 2.41. The fourth-order valence-corrected chi connectivity index (χ4v) is 1.79. The summed E-state index contributed by atoms with van der Waals surface area (Å²) >= 11 is 5.90. The summed E-state index contributed by atoms with van der Waals surface area (Å²) in [5, 5.41) is 6.93. The van der Waals surface area contributed by atoms with Gasteiger partial charge in [0.15, 0.2) is 0 Å². The highest BCUT2D eigenvalue weighted by Crippen LogP contribution is 2.14. The minimum Gasteiger partial charge on any atom is -0.355 e. The molecule has 1 aromatic carbocycles. The molecule has 0 radical (unpaired) electrons. The molecule has 0 spiro atoms. The van der Waals surface area contributed by atoms with E-state index in [0.29, 0.717) is 6.54 Å². The van der Waals surface area contributed by atoms with Crippen molar-refractivity contribution in [3.05, 3.63) is 34.3 Å². The second-order valence-electron chi connectivity index (χ2n) is 4.69. The Kier molecular flexibility index (Phi) is 6.16. The van der Waals surface area contributed by atoms with Crippen molar-refractivity contribution in [1.82, 2.24) is 10.6 Å². The lowest BCUT2D eigenvalue weighted by Crippen LogP contribution is -2.34. The molecule has 0 aliphatic carbocycles. The van der Waals surface area contributed by atoms with Crippen LogP contribution in [0.15, 0.2) is 18.2 Å². The van der Waals surface area contributed by atoms with Crippen molar-refractivity contribution in [3.8, 4) is 0 Å². The molecule has 0 heterocycles. The van der Waals surface area contributed by atoms with Crippen LogP contribution in [0.1, 0.15) is 25.0 Å². The molecule has 2 N–H and O–H groups in total. The number of amides is 1. The molecule has 100 valence electrons. The van der Waals surface area contributed by atoms with Crippen molar-refractivity contribution in [3.63, 3.8) is 0 Å². The lowest BCUT2D eigenvalue weighted by atomic mass is 10.1. The van der Waals surface area contributed by atoms with Crippen LogP contribution in [0.25, 0.3) is 0 Å². The maximum Gasteiger partial charge on any atom is 0.222 e. The summed E-state index contributed by atoms with van der Waals surface area (Å²) in [5.74, 6) is 0.142. The summed E-state index contributed by atoms with van der Waals surface area (Å²) in [6.07, 6.45) is 0. The molecule has 0 atom stereocenters. The number of benzene rings is 1. The van der Waals surface area contributed by atoms with E-state index in [9.17, 15) is 4.79 Å². The maximum absolute atomic E-state index is 11.3. The Morgan fingerprint density at radius 2 is 2.06 bits per heavy atom. The van der Waals surface area contributed by atoms with Gasteiger partial charge in [0, 0.05) is 30.6 Å². The SMILES string of the molecule is Cc1cc(Cl)ccc1CNCCNC(=O)C(C)C. The van der Waals surface area contributed by atoms with Gasteiger partial charge in [-0.1, -0.05) is 31.5 Å². The highest BCUT2D eigenvalue weighted by Gasteiger charge is 2.04. The molecule has 0 fully saturated rings. The summed E-state index contributed by atoms with van der Waals surface area (Å²) in [6, 6.07) is 5.88. The molecule has 18 heavy (non-hydrogen) atoms. The Hall–Kier alpha value is -1.06. The number of hydrogen-bond acceptors (Lipinski definition) is 2. The monoisotopic (exact) mass is 268 g/mol. The van der Waals surface area contributed by atoms with Crippen LogP contribution in [-0.4, -0.2) is 19.0 Å². The Morgan fingerprint density at radius 3 is 2.67 bits per heavy atom. The summed E-state index contributed by atoms with van der Waals surface area (Å²) in [7, 11) is 0. The number of aryl methyl sites for hydroxylation is 1. The third-order valence-electron chi connectivity index (χ3n) is 2.75. The van der Waals surface area contributed by atoms with Gasteiger partial charge in [0.1, 0.15) is 0 Å². The zero-order valence-electron chi connectivity index (χ0n) is 11.2. The molecule has 0 saturated carbocycles. The third-order valence-corrected chi connectivity index (χ3v) is 2.98. The van der Waals surface area contributed by atoms with Crippen LogP contribution in [-0.2, 0) is 11.3 Å². The van der Waals surface area contributed by atoms with Gasteiger partial charge in [-0.3, -0.25) is 4.79 Å². The lowest BCUT2D eigenvalue weighted by molar-refractivity contribution is -0.123. The zero-order valence-corrected chi connectivity index (χ0v) is 12.0. The molecule has 3 nitrogen and oxygen atoms in total. The molecule has 0 aliphatic heterocycles. The molecular formula is C14H21ClN2O. The molecule has 1 aromatic rings. The third kappa shape index (κ3) is 5.07. The molecular weight excluding hydrogens is 248 g/mol. The molecule has 0 aromatic heterocycles. The topological polar surface area (TPSA) is 41.1 Å². The van der Waals surface area contributed by atoms with Crippen molar-refractivity contribution >= 4 is 17.5 Å². The van der Waals surface area contributed by atoms with Gasteiger partial charge in [0.05, 0.1) is 0 Å². The minimum atomic E-state index is 0.0449. The predicted molar refractivity (Wildman–Crippen MR) is 75.7 cm³/mol. The van der Waals surface area contributed by atoms with Crippen molar-refractivity contribution in [2.75, 3.05) is 13.1 Å². The highest BCUT2D eigenvalue weighted by molar-refractivity contribution is 6.30. The van der Waals surface area contributed by atoms with Crippen LogP contribution in [0.2, 0.25) is 5.02 Å². The van der Waals surface area contributed by atoms with Gasteiger partial charge in [-0.15, -0.1) is 0 Å². The van der Waals surface area contributed by atoms with Gasteiger partial charge in [-0.05, 0) is 30.2 Å². The zero-order chi connectivity index (χ0) is 13.5. The molecule has 0 bridgehead atoms. The molecule has 0 unspecified atom stereocenters. The van der Waals surface area contributed by atoms with Crippen molar-refractivity contribution < 1.29 is 4.79 Å². The van der Waals surface area contributed by atoms with E-state index in [1.807, 2.05) is 39.0 Å².